The maximum atomic E-state index is 12.2. The van der Waals surface area contributed by atoms with Gasteiger partial charge >= 0.3 is 5.97 Å². The molecule has 2 fully saturated rings. The SMILES string of the molecule is CC(C)(C)OC(=O)c1ccc(-n2ccc(OCC3C[C@H]4CC[C@H]3C4)n2)nc1Cl. The lowest BCUT2D eigenvalue weighted by atomic mass is 9.90. The normalized spacial score (nSPS) is 23.8. The second-order valence-electron chi connectivity index (χ2n) is 8.85. The van der Waals surface area contributed by atoms with Crippen LogP contribution in [0, 0.1) is 17.8 Å². The van der Waals surface area contributed by atoms with Crippen LogP contribution in [0.1, 0.15) is 56.8 Å². The first-order valence-electron chi connectivity index (χ1n) is 9.87. The molecular formula is C21H26ClN3O3. The van der Waals surface area contributed by atoms with Crippen LogP contribution in [0.5, 0.6) is 5.88 Å². The number of hydrogen-bond acceptors (Lipinski definition) is 5. The van der Waals surface area contributed by atoms with Gasteiger partial charge in [0, 0.05) is 12.3 Å². The van der Waals surface area contributed by atoms with E-state index in [4.69, 9.17) is 21.1 Å². The minimum absolute atomic E-state index is 0.0895. The van der Waals surface area contributed by atoms with Crippen LogP contribution in [0.15, 0.2) is 24.4 Å². The Morgan fingerprint density at radius 3 is 2.71 bits per heavy atom. The summed E-state index contributed by atoms with van der Waals surface area (Å²) in [5.41, 5.74) is -0.355. The van der Waals surface area contributed by atoms with Crippen LogP contribution in [0.3, 0.4) is 0 Å². The summed E-state index contributed by atoms with van der Waals surface area (Å²) < 4.78 is 12.9. The Kier molecular flexibility index (Phi) is 5.08. The molecule has 2 aliphatic rings. The number of pyridine rings is 1. The Morgan fingerprint density at radius 1 is 1.25 bits per heavy atom. The number of rotatable bonds is 5. The molecule has 0 saturated heterocycles. The average Bonchev–Trinajstić information content (AvgIpc) is 3.35. The highest BCUT2D eigenvalue weighted by Crippen LogP contribution is 2.48. The first-order chi connectivity index (χ1) is 13.3. The Morgan fingerprint density at radius 2 is 2.07 bits per heavy atom. The van der Waals surface area contributed by atoms with Crippen LogP contribution < -0.4 is 4.74 Å². The zero-order chi connectivity index (χ0) is 19.9. The molecule has 0 amide bonds. The molecular weight excluding hydrogens is 378 g/mol. The van der Waals surface area contributed by atoms with Gasteiger partial charge in [0.15, 0.2) is 5.82 Å². The summed E-state index contributed by atoms with van der Waals surface area (Å²) in [6.45, 7) is 6.15. The molecule has 4 rings (SSSR count). The lowest BCUT2D eigenvalue weighted by Crippen LogP contribution is -2.24. The van der Waals surface area contributed by atoms with Crippen molar-refractivity contribution >= 4 is 17.6 Å². The van der Waals surface area contributed by atoms with Gasteiger partial charge in [0.05, 0.1) is 12.2 Å². The monoisotopic (exact) mass is 403 g/mol. The molecule has 2 aromatic heterocycles. The van der Waals surface area contributed by atoms with E-state index in [2.05, 4.69) is 10.1 Å². The molecule has 150 valence electrons. The summed E-state index contributed by atoms with van der Waals surface area (Å²) in [6, 6.07) is 5.12. The van der Waals surface area contributed by atoms with Crippen LogP contribution in [0.2, 0.25) is 5.15 Å². The minimum atomic E-state index is -0.591. The number of carbonyl (C=O) groups excluding carboxylic acids is 1. The molecule has 0 aromatic carbocycles. The fourth-order valence-electron chi connectivity index (χ4n) is 4.32. The standard InChI is InChI=1S/C21H26ClN3O3/c1-21(2,3)28-20(26)16-6-7-17(23-19(16)22)25-9-8-18(24-25)27-12-15-11-13-4-5-14(15)10-13/h6-9,13-15H,4-5,10-12H2,1-3H3/t13-,14-,15?/m0/s1. The first kappa shape index (κ1) is 19.2. The van der Waals surface area contributed by atoms with Gasteiger partial charge in [-0.25, -0.2) is 14.5 Å². The van der Waals surface area contributed by atoms with E-state index in [0.29, 0.717) is 17.6 Å². The van der Waals surface area contributed by atoms with Gasteiger partial charge in [-0.1, -0.05) is 18.0 Å². The van der Waals surface area contributed by atoms with Crippen molar-refractivity contribution in [3.8, 4) is 11.7 Å². The zero-order valence-corrected chi connectivity index (χ0v) is 17.3. The zero-order valence-electron chi connectivity index (χ0n) is 16.5. The van der Waals surface area contributed by atoms with Crippen LogP contribution >= 0.6 is 11.6 Å². The van der Waals surface area contributed by atoms with E-state index in [1.807, 2.05) is 26.8 Å². The van der Waals surface area contributed by atoms with Crippen LogP contribution in [-0.2, 0) is 4.74 Å². The first-order valence-corrected chi connectivity index (χ1v) is 10.2. The van der Waals surface area contributed by atoms with E-state index in [-0.39, 0.29) is 10.7 Å². The Bertz CT molecular complexity index is 874. The Balaban J connectivity index is 1.40. The fourth-order valence-corrected chi connectivity index (χ4v) is 4.55. The molecule has 28 heavy (non-hydrogen) atoms. The van der Waals surface area contributed by atoms with Crippen LogP contribution in [0.4, 0.5) is 0 Å². The quantitative estimate of drug-likeness (QED) is 0.535. The van der Waals surface area contributed by atoms with Gasteiger partial charge in [-0.15, -0.1) is 5.10 Å². The molecule has 2 aromatic rings. The summed E-state index contributed by atoms with van der Waals surface area (Å²) in [5.74, 6) is 3.00. The second kappa shape index (κ2) is 7.39. The highest BCUT2D eigenvalue weighted by molar-refractivity contribution is 6.32. The molecule has 2 aliphatic carbocycles. The number of esters is 1. The van der Waals surface area contributed by atoms with Crippen molar-refractivity contribution < 1.29 is 14.3 Å². The van der Waals surface area contributed by atoms with E-state index < -0.39 is 11.6 Å². The van der Waals surface area contributed by atoms with Gasteiger partial charge in [0.1, 0.15) is 10.8 Å². The van der Waals surface area contributed by atoms with E-state index in [9.17, 15) is 4.79 Å². The third kappa shape index (κ3) is 4.17. The largest absolute Gasteiger partial charge is 0.476 e. The Hall–Kier alpha value is -2.08. The summed E-state index contributed by atoms with van der Waals surface area (Å²) >= 11 is 6.21. The van der Waals surface area contributed by atoms with Gasteiger partial charge in [-0.3, -0.25) is 0 Å². The van der Waals surface area contributed by atoms with Crippen molar-refractivity contribution in [2.24, 2.45) is 17.8 Å². The van der Waals surface area contributed by atoms with Gasteiger partial charge < -0.3 is 9.47 Å². The van der Waals surface area contributed by atoms with Gasteiger partial charge in [0.2, 0.25) is 5.88 Å². The minimum Gasteiger partial charge on any atom is -0.476 e. The predicted octanol–water partition coefficient (Wildman–Crippen LogP) is 4.69. The second-order valence-corrected chi connectivity index (χ2v) is 9.21. The van der Waals surface area contributed by atoms with Crippen molar-refractivity contribution in [1.82, 2.24) is 14.8 Å². The highest BCUT2D eigenvalue weighted by atomic mass is 35.5. The molecule has 2 saturated carbocycles. The number of carbonyl (C=O) groups is 1. The average molecular weight is 404 g/mol. The van der Waals surface area contributed by atoms with Crippen molar-refractivity contribution in [2.75, 3.05) is 6.61 Å². The molecule has 0 N–H and O–H groups in total. The summed E-state index contributed by atoms with van der Waals surface area (Å²) in [4.78, 5) is 16.5. The van der Waals surface area contributed by atoms with Crippen molar-refractivity contribution in [2.45, 2.75) is 52.1 Å². The Labute approximate surface area is 170 Å². The number of ether oxygens (including phenoxy) is 2. The van der Waals surface area contributed by atoms with Gasteiger partial charge in [-0.2, -0.15) is 0 Å². The number of halogens is 1. The maximum Gasteiger partial charge on any atom is 0.341 e. The van der Waals surface area contributed by atoms with E-state index >= 15 is 0 Å². The van der Waals surface area contributed by atoms with Gasteiger partial charge in [-0.05, 0) is 69.9 Å². The number of hydrogen-bond donors (Lipinski definition) is 0. The number of fused-ring (bicyclic) bond motifs is 2. The molecule has 0 spiro atoms. The van der Waals surface area contributed by atoms with Crippen molar-refractivity contribution in [1.29, 1.82) is 0 Å². The molecule has 0 aliphatic heterocycles. The topological polar surface area (TPSA) is 66.2 Å². The van der Waals surface area contributed by atoms with Gasteiger partial charge in [0.25, 0.3) is 0 Å². The fraction of sp³-hybridized carbons (Fsp3) is 0.571. The molecule has 2 bridgehead atoms. The molecule has 6 nitrogen and oxygen atoms in total. The third-order valence-corrected chi connectivity index (χ3v) is 5.87. The molecule has 7 heteroatoms. The summed E-state index contributed by atoms with van der Waals surface area (Å²) in [5, 5.41) is 4.53. The smallest absolute Gasteiger partial charge is 0.341 e. The molecule has 2 heterocycles. The van der Waals surface area contributed by atoms with Crippen LogP contribution in [0.25, 0.3) is 5.82 Å². The molecule has 3 atom stereocenters. The highest BCUT2D eigenvalue weighted by Gasteiger charge is 2.39. The summed E-state index contributed by atoms with van der Waals surface area (Å²) in [6.07, 6.45) is 7.17. The van der Waals surface area contributed by atoms with E-state index in [0.717, 1.165) is 18.4 Å². The van der Waals surface area contributed by atoms with Crippen molar-refractivity contribution in [3.05, 3.63) is 35.1 Å². The number of aromatic nitrogens is 3. The van der Waals surface area contributed by atoms with Crippen molar-refractivity contribution in [3.63, 3.8) is 0 Å². The molecule has 0 radical (unpaired) electrons. The molecule has 1 unspecified atom stereocenters. The lowest BCUT2D eigenvalue weighted by Gasteiger charge is -2.20. The van der Waals surface area contributed by atoms with E-state index in [1.54, 1.807) is 23.0 Å². The third-order valence-electron chi connectivity index (χ3n) is 5.58. The maximum absolute atomic E-state index is 12.2. The van der Waals surface area contributed by atoms with E-state index in [1.165, 1.54) is 25.7 Å². The van der Waals surface area contributed by atoms with Crippen LogP contribution in [-0.4, -0.2) is 32.9 Å². The summed E-state index contributed by atoms with van der Waals surface area (Å²) in [7, 11) is 0. The predicted molar refractivity (Wildman–Crippen MR) is 106 cm³/mol. The number of nitrogens with zero attached hydrogens (tertiary/aromatic N) is 3. The lowest BCUT2D eigenvalue weighted by molar-refractivity contribution is 0.00693.